The molecule has 0 rings (SSSR count). The molecule has 0 aromatic heterocycles. The van der Waals surface area contributed by atoms with Crippen LogP contribution in [-0.2, 0) is 4.79 Å². The molecule has 0 aliphatic rings. The molecular formula is C23H46NO+. The highest BCUT2D eigenvalue weighted by atomic mass is 16.1. The summed E-state index contributed by atoms with van der Waals surface area (Å²) in [7, 11) is 4.27. The molecule has 0 aromatic rings. The quantitative estimate of drug-likeness (QED) is 0.152. The minimum atomic E-state index is 0.435. The van der Waals surface area contributed by atoms with Gasteiger partial charge in [0.15, 0.2) is 5.78 Å². The second-order valence-electron chi connectivity index (χ2n) is 8.28. The lowest BCUT2D eigenvalue weighted by Gasteiger charge is -2.27. The highest BCUT2D eigenvalue weighted by molar-refractivity contribution is 5.79. The van der Waals surface area contributed by atoms with Gasteiger partial charge in [-0.05, 0) is 39.0 Å². The summed E-state index contributed by atoms with van der Waals surface area (Å²) in [4.78, 5) is 11.9. The van der Waals surface area contributed by atoms with E-state index in [1.807, 2.05) is 0 Å². The van der Waals surface area contributed by atoms with Gasteiger partial charge in [0.1, 0.15) is 6.54 Å². The van der Waals surface area contributed by atoms with Crippen molar-refractivity contribution in [2.75, 3.05) is 27.2 Å². The van der Waals surface area contributed by atoms with E-state index in [0.29, 0.717) is 12.3 Å². The molecule has 0 aliphatic carbocycles. The number of hydrogen-bond acceptors (Lipinski definition) is 1. The molecule has 0 aromatic carbocycles. The average Bonchev–Trinajstić information content (AvgIpc) is 2.58. The number of likely N-dealkylation sites (N-methyl/N-ethyl adjacent to an activating group) is 1. The Balaban J connectivity index is 3.30. The summed E-state index contributed by atoms with van der Waals surface area (Å²) in [6.07, 6.45) is 22.6. The minimum absolute atomic E-state index is 0.435. The fourth-order valence-corrected chi connectivity index (χ4v) is 3.06. The Bertz CT molecular complexity index is 333. The number of ketones is 1. The van der Waals surface area contributed by atoms with Crippen LogP contribution >= 0.6 is 0 Å². The van der Waals surface area contributed by atoms with E-state index in [-0.39, 0.29) is 0 Å². The lowest BCUT2D eigenvalue weighted by atomic mass is 10.1. The fraction of sp³-hybridized carbons (Fsp3) is 0.870. The number of hydrogen-bond donors (Lipinski definition) is 0. The maximum Gasteiger partial charge on any atom is 0.186 e. The van der Waals surface area contributed by atoms with Crippen LogP contribution in [0.5, 0.6) is 0 Å². The first-order chi connectivity index (χ1) is 12.0. The van der Waals surface area contributed by atoms with Gasteiger partial charge in [-0.3, -0.25) is 4.79 Å². The Kier molecular flexibility index (Phi) is 16.4. The molecule has 25 heavy (non-hydrogen) atoms. The molecule has 2 heteroatoms. The van der Waals surface area contributed by atoms with E-state index in [2.05, 4.69) is 40.1 Å². The molecule has 0 fully saturated rings. The molecule has 0 heterocycles. The molecule has 0 atom stereocenters. The van der Waals surface area contributed by atoms with Crippen molar-refractivity contribution in [3.05, 3.63) is 12.2 Å². The summed E-state index contributed by atoms with van der Waals surface area (Å²) in [5, 5.41) is 0. The summed E-state index contributed by atoms with van der Waals surface area (Å²) in [6.45, 7) is 6.14. The van der Waals surface area contributed by atoms with Crippen LogP contribution in [0.2, 0.25) is 0 Å². The molecule has 0 spiro atoms. The SMILES string of the molecule is CCCCCCCC/C=C\CCCCCCCC(=O)C[N+](C)(C)CC. The van der Waals surface area contributed by atoms with Gasteiger partial charge in [0.05, 0.1) is 20.6 Å². The standard InChI is InChI=1S/C23H46NO/c1-5-7-8-9-10-11-12-13-14-15-16-17-18-19-20-21-23(25)22-24(3,4)6-2/h13-14H,5-12,15-22H2,1-4H3/q+1/b14-13-. The van der Waals surface area contributed by atoms with Crippen LogP contribution in [0.1, 0.15) is 104 Å². The summed E-state index contributed by atoms with van der Waals surface area (Å²) < 4.78 is 0.823. The topological polar surface area (TPSA) is 17.1 Å². The predicted octanol–water partition coefficient (Wildman–Crippen LogP) is 6.69. The van der Waals surface area contributed by atoms with Crippen molar-refractivity contribution >= 4 is 5.78 Å². The third-order valence-corrected chi connectivity index (χ3v) is 5.18. The van der Waals surface area contributed by atoms with Crippen molar-refractivity contribution in [2.45, 2.75) is 104 Å². The van der Waals surface area contributed by atoms with Crippen LogP contribution in [0.25, 0.3) is 0 Å². The molecule has 0 unspecified atom stereocenters. The zero-order valence-electron chi connectivity index (χ0n) is 17.8. The minimum Gasteiger partial charge on any atom is -0.323 e. The number of rotatable bonds is 18. The van der Waals surface area contributed by atoms with Gasteiger partial charge >= 0.3 is 0 Å². The molecule has 0 aliphatic heterocycles. The van der Waals surface area contributed by atoms with Gasteiger partial charge in [-0.15, -0.1) is 0 Å². The first kappa shape index (κ1) is 24.4. The maximum atomic E-state index is 11.9. The van der Waals surface area contributed by atoms with Crippen molar-refractivity contribution in [2.24, 2.45) is 0 Å². The molecule has 0 saturated carbocycles. The second-order valence-corrected chi connectivity index (χ2v) is 8.28. The lowest BCUT2D eigenvalue weighted by molar-refractivity contribution is -0.880. The maximum absolute atomic E-state index is 11.9. The normalized spacial score (nSPS) is 12.2. The van der Waals surface area contributed by atoms with Crippen LogP contribution in [0, 0.1) is 0 Å². The smallest absolute Gasteiger partial charge is 0.186 e. The fourth-order valence-electron chi connectivity index (χ4n) is 3.06. The van der Waals surface area contributed by atoms with Crippen molar-refractivity contribution < 1.29 is 9.28 Å². The third kappa shape index (κ3) is 18.0. The monoisotopic (exact) mass is 352 g/mol. The van der Waals surface area contributed by atoms with Crippen LogP contribution in [0.15, 0.2) is 12.2 Å². The molecule has 0 amide bonds. The Morgan fingerprint density at radius 3 is 1.72 bits per heavy atom. The predicted molar refractivity (Wildman–Crippen MR) is 112 cm³/mol. The van der Waals surface area contributed by atoms with Crippen molar-refractivity contribution in [3.8, 4) is 0 Å². The highest BCUT2D eigenvalue weighted by Crippen LogP contribution is 2.10. The van der Waals surface area contributed by atoms with Crippen LogP contribution in [-0.4, -0.2) is 37.5 Å². The van der Waals surface area contributed by atoms with E-state index in [1.54, 1.807) is 0 Å². The number of nitrogens with zero attached hydrogens (tertiary/aromatic N) is 1. The molecular weight excluding hydrogens is 306 g/mol. The highest BCUT2D eigenvalue weighted by Gasteiger charge is 2.16. The zero-order valence-corrected chi connectivity index (χ0v) is 17.8. The summed E-state index contributed by atoms with van der Waals surface area (Å²) >= 11 is 0. The molecule has 0 N–H and O–H groups in total. The number of unbranched alkanes of at least 4 members (excludes halogenated alkanes) is 11. The van der Waals surface area contributed by atoms with Crippen molar-refractivity contribution in [3.63, 3.8) is 0 Å². The average molecular weight is 353 g/mol. The van der Waals surface area contributed by atoms with E-state index in [1.165, 1.54) is 77.0 Å². The number of Topliss-reactive ketones (excluding diaryl/α,β-unsaturated/α-hetero) is 1. The van der Waals surface area contributed by atoms with Gasteiger partial charge in [-0.25, -0.2) is 0 Å². The molecule has 0 bridgehead atoms. The largest absolute Gasteiger partial charge is 0.323 e. The molecule has 0 radical (unpaired) electrons. The summed E-state index contributed by atoms with van der Waals surface area (Å²) in [5.41, 5.74) is 0. The zero-order chi connectivity index (χ0) is 18.8. The number of quaternary nitrogens is 1. The van der Waals surface area contributed by atoms with E-state index >= 15 is 0 Å². The van der Waals surface area contributed by atoms with Crippen LogP contribution in [0.3, 0.4) is 0 Å². The van der Waals surface area contributed by atoms with Crippen molar-refractivity contribution in [1.82, 2.24) is 0 Å². The first-order valence-corrected chi connectivity index (χ1v) is 11.0. The van der Waals surface area contributed by atoms with Crippen LogP contribution in [0.4, 0.5) is 0 Å². The van der Waals surface area contributed by atoms with Gasteiger partial charge in [0, 0.05) is 6.42 Å². The van der Waals surface area contributed by atoms with Gasteiger partial charge in [0.2, 0.25) is 0 Å². The van der Waals surface area contributed by atoms with Gasteiger partial charge < -0.3 is 4.48 Å². The van der Waals surface area contributed by atoms with Crippen LogP contribution < -0.4 is 0 Å². The first-order valence-electron chi connectivity index (χ1n) is 11.0. The van der Waals surface area contributed by atoms with E-state index in [0.717, 1.165) is 23.9 Å². The van der Waals surface area contributed by atoms with Gasteiger partial charge in [0.25, 0.3) is 0 Å². The Morgan fingerprint density at radius 2 is 1.20 bits per heavy atom. The Morgan fingerprint density at radius 1 is 0.720 bits per heavy atom. The molecule has 2 nitrogen and oxygen atoms in total. The summed E-state index contributed by atoms with van der Waals surface area (Å²) in [5.74, 6) is 0.435. The number of allylic oxidation sites excluding steroid dienone is 2. The van der Waals surface area contributed by atoms with E-state index in [4.69, 9.17) is 0 Å². The number of carbonyl (C=O) groups excluding carboxylic acids is 1. The third-order valence-electron chi connectivity index (χ3n) is 5.18. The molecule has 0 saturated heterocycles. The summed E-state index contributed by atoms with van der Waals surface area (Å²) in [6, 6.07) is 0. The van der Waals surface area contributed by atoms with E-state index in [9.17, 15) is 4.79 Å². The lowest BCUT2D eigenvalue weighted by Crippen LogP contribution is -2.43. The van der Waals surface area contributed by atoms with Crippen molar-refractivity contribution in [1.29, 1.82) is 0 Å². The Hall–Kier alpha value is -0.630. The van der Waals surface area contributed by atoms with Gasteiger partial charge in [-0.1, -0.05) is 70.4 Å². The molecule has 148 valence electrons. The van der Waals surface area contributed by atoms with Gasteiger partial charge in [-0.2, -0.15) is 0 Å². The van der Waals surface area contributed by atoms with E-state index < -0.39 is 0 Å². The second kappa shape index (κ2) is 16.8. The number of carbonyl (C=O) groups is 1. The Labute approximate surface area is 158 Å².